The van der Waals surface area contributed by atoms with E-state index in [0.717, 1.165) is 30.8 Å². The summed E-state index contributed by atoms with van der Waals surface area (Å²) in [5.41, 5.74) is 5.38. The van der Waals surface area contributed by atoms with Crippen LogP contribution in [0.25, 0.3) is 0 Å². The van der Waals surface area contributed by atoms with Gasteiger partial charge in [0.15, 0.2) is 0 Å². The van der Waals surface area contributed by atoms with E-state index in [4.69, 9.17) is 17.3 Å². The van der Waals surface area contributed by atoms with Crippen LogP contribution in [-0.2, 0) is 11.3 Å². The highest BCUT2D eigenvalue weighted by atomic mass is 35.5. The molecule has 0 aliphatic carbocycles. The average Bonchev–Trinajstić information content (AvgIpc) is 2.64. The summed E-state index contributed by atoms with van der Waals surface area (Å²) in [7, 11) is 0. The van der Waals surface area contributed by atoms with Gasteiger partial charge in [-0.05, 0) is 31.0 Å². The lowest BCUT2D eigenvalue weighted by Gasteiger charge is -2.32. The molecule has 0 saturated carbocycles. The molecule has 0 radical (unpaired) electrons. The molecule has 1 aliphatic rings. The van der Waals surface area contributed by atoms with Crippen molar-refractivity contribution in [3.05, 3.63) is 9.47 Å². The zero-order valence-electron chi connectivity index (χ0n) is 8.73. The van der Waals surface area contributed by atoms with Gasteiger partial charge in [-0.25, -0.2) is 0 Å². The summed E-state index contributed by atoms with van der Waals surface area (Å²) in [5.74, 6) is -0.254. The third kappa shape index (κ3) is 2.69. The summed E-state index contributed by atoms with van der Waals surface area (Å²) in [6.45, 7) is 1.49. The van der Waals surface area contributed by atoms with Gasteiger partial charge in [0, 0.05) is 0 Å². The maximum absolute atomic E-state index is 11.3. The quantitative estimate of drug-likeness (QED) is 0.881. The Morgan fingerprint density at radius 1 is 1.56 bits per heavy atom. The van der Waals surface area contributed by atoms with Crippen LogP contribution in [0.3, 0.4) is 0 Å². The lowest BCUT2D eigenvalue weighted by Crippen LogP contribution is -2.47. The highest BCUT2D eigenvalue weighted by Gasteiger charge is 2.27. The molecular weight excluding hydrogens is 248 g/mol. The first-order valence-electron chi connectivity index (χ1n) is 5.18. The molecule has 7 heteroatoms. The standard InChI is InChI=1S/C9H13ClN4OS/c10-9-13-12-7(16-9)5-14-4-2-1-3-6(14)8(11)15/h6H,1-5H2,(H2,11,15). The Morgan fingerprint density at radius 3 is 3.00 bits per heavy atom. The first-order chi connectivity index (χ1) is 7.66. The van der Waals surface area contributed by atoms with Crippen LogP contribution in [0.4, 0.5) is 0 Å². The van der Waals surface area contributed by atoms with Crippen LogP contribution >= 0.6 is 22.9 Å². The molecule has 1 aromatic rings. The molecule has 1 aromatic heterocycles. The van der Waals surface area contributed by atoms with Gasteiger partial charge in [-0.3, -0.25) is 9.69 Å². The molecule has 0 aromatic carbocycles. The Kier molecular flexibility index (Phi) is 3.73. The van der Waals surface area contributed by atoms with E-state index in [1.807, 2.05) is 0 Å². The maximum atomic E-state index is 11.3. The van der Waals surface area contributed by atoms with Crippen LogP contribution in [-0.4, -0.2) is 33.6 Å². The second kappa shape index (κ2) is 5.07. The topological polar surface area (TPSA) is 72.1 Å². The molecule has 0 spiro atoms. The molecule has 0 bridgehead atoms. The molecule has 16 heavy (non-hydrogen) atoms. The van der Waals surface area contributed by atoms with Crippen LogP contribution in [0.15, 0.2) is 0 Å². The lowest BCUT2D eigenvalue weighted by molar-refractivity contribution is -0.124. The molecule has 1 fully saturated rings. The fourth-order valence-electron chi connectivity index (χ4n) is 1.97. The van der Waals surface area contributed by atoms with Gasteiger partial charge >= 0.3 is 0 Å². The predicted molar refractivity (Wildman–Crippen MR) is 62.2 cm³/mol. The van der Waals surface area contributed by atoms with Gasteiger partial charge in [0.05, 0.1) is 12.6 Å². The number of nitrogens with two attached hydrogens (primary N) is 1. The van der Waals surface area contributed by atoms with Crippen molar-refractivity contribution in [2.75, 3.05) is 6.54 Å². The Morgan fingerprint density at radius 2 is 2.38 bits per heavy atom. The van der Waals surface area contributed by atoms with Crippen LogP contribution < -0.4 is 5.73 Å². The molecule has 1 aliphatic heterocycles. The van der Waals surface area contributed by atoms with Crippen molar-refractivity contribution in [2.45, 2.75) is 31.8 Å². The van der Waals surface area contributed by atoms with E-state index in [0.29, 0.717) is 11.0 Å². The van der Waals surface area contributed by atoms with Crippen LogP contribution in [0.5, 0.6) is 0 Å². The summed E-state index contributed by atoms with van der Waals surface area (Å²) in [4.78, 5) is 13.3. The summed E-state index contributed by atoms with van der Waals surface area (Å²) in [5, 5.41) is 8.52. The number of aromatic nitrogens is 2. The SMILES string of the molecule is NC(=O)C1CCCCN1Cc1nnc(Cl)s1. The number of primary amides is 1. The smallest absolute Gasteiger partial charge is 0.234 e. The minimum atomic E-state index is -0.254. The Balaban J connectivity index is 2.03. The molecule has 88 valence electrons. The van der Waals surface area contributed by atoms with E-state index in [2.05, 4.69) is 15.1 Å². The lowest BCUT2D eigenvalue weighted by atomic mass is 10.0. The summed E-state index contributed by atoms with van der Waals surface area (Å²) in [6.07, 6.45) is 2.99. The number of likely N-dealkylation sites (tertiary alicyclic amines) is 1. The Hall–Kier alpha value is -0.720. The first-order valence-corrected chi connectivity index (χ1v) is 6.37. The van der Waals surface area contributed by atoms with Crippen molar-refractivity contribution >= 4 is 28.8 Å². The fraction of sp³-hybridized carbons (Fsp3) is 0.667. The second-order valence-corrected chi connectivity index (χ2v) is 5.48. The van der Waals surface area contributed by atoms with Crippen molar-refractivity contribution in [1.29, 1.82) is 0 Å². The monoisotopic (exact) mass is 260 g/mol. The third-order valence-electron chi connectivity index (χ3n) is 2.72. The maximum Gasteiger partial charge on any atom is 0.234 e. The number of nitrogens with zero attached hydrogens (tertiary/aromatic N) is 3. The number of amides is 1. The number of carbonyl (C=O) groups excluding carboxylic acids is 1. The molecule has 1 amide bonds. The first kappa shape index (κ1) is 11.8. The van der Waals surface area contributed by atoms with Crippen molar-refractivity contribution < 1.29 is 4.79 Å². The van der Waals surface area contributed by atoms with Gasteiger partial charge in [-0.1, -0.05) is 17.8 Å². The number of halogens is 1. The van der Waals surface area contributed by atoms with E-state index >= 15 is 0 Å². The van der Waals surface area contributed by atoms with Gasteiger partial charge in [0.2, 0.25) is 10.4 Å². The summed E-state index contributed by atoms with van der Waals surface area (Å²) >= 11 is 7.06. The van der Waals surface area contributed by atoms with Crippen LogP contribution in [0.1, 0.15) is 24.3 Å². The van der Waals surface area contributed by atoms with Crippen LogP contribution in [0, 0.1) is 0 Å². The molecule has 2 heterocycles. The van der Waals surface area contributed by atoms with E-state index in [-0.39, 0.29) is 11.9 Å². The molecule has 1 unspecified atom stereocenters. The van der Waals surface area contributed by atoms with Crippen molar-refractivity contribution in [3.8, 4) is 0 Å². The second-order valence-electron chi connectivity index (χ2n) is 3.83. The molecule has 1 atom stereocenters. The van der Waals surface area contributed by atoms with Gasteiger partial charge in [-0.2, -0.15) is 0 Å². The number of hydrogen-bond acceptors (Lipinski definition) is 5. The Bertz CT molecular complexity index is 383. The highest BCUT2D eigenvalue weighted by molar-refractivity contribution is 7.15. The minimum Gasteiger partial charge on any atom is -0.368 e. The largest absolute Gasteiger partial charge is 0.368 e. The van der Waals surface area contributed by atoms with E-state index in [1.165, 1.54) is 11.3 Å². The predicted octanol–water partition coefficient (Wildman–Crippen LogP) is 1.03. The minimum absolute atomic E-state index is 0.170. The fourth-order valence-corrected chi connectivity index (χ4v) is 2.87. The molecule has 1 saturated heterocycles. The molecule has 2 N–H and O–H groups in total. The van der Waals surface area contributed by atoms with Gasteiger partial charge in [0.25, 0.3) is 0 Å². The highest BCUT2D eigenvalue weighted by Crippen LogP contribution is 2.22. The van der Waals surface area contributed by atoms with Crippen molar-refractivity contribution in [2.24, 2.45) is 5.73 Å². The third-order valence-corrected chi connectivity index (χ3v) is 3.73. The normalized spacial score (nSPS) is 22.2. The van der Waals surface area contributed by atoms with Gasteiger partial charge in [0.1, 0.15) is 5.01 Å². The Labute approximate surface area is 103 Å². The molecule has 5 nitrogen and oxygen atoms in total. The molecule has 2 rings (SSSR count). The zero-order chi connectivity index (χ0) is 11.5. The van der Waals surface area contributed by atoms with Gasteiger partial charge < -0.3 is 5.73 Å². The van der Waals surface area contributed by atoms with Crippen LogP contribution in [0.2, 0.25) is 4.47 Å². The number of carbonyl (C=O) groups is 1. The number of hydrogen-bond donors (Lipinski definition) is 1. The summed E-state index contributed by atoms with van der Waals surface area (Å²) < 4.78 is 0.433. The van der Waals surface area contributed by atoms with E-state index < -0.39 is 0 Å². The number of rotatable bonds is 3. The van der Waals surface area contributed by atoms with Gasteiger partial charge in [-0.15, -0.1) is 10.2 Å². The van der Waals surface area contributed by atoms with E-state index in [9.17, 15) is 4.79 Å². The van der Waals surface area contributed by atoms with Crippen molar-refractivity contribution in [3.63, 3.8) is 0 Å². The van der Waals surface area contributed by atoms with Crippen molar-refractivity contribution in [1.82, 2.24) is 15.1 Å². The summed E-state index contributed by atoms with van der Waals surface area (Å²) in [6, 6.07) is -0.170. The zero-order valence-corrected chi connectivity index (χ0v) is 10.3. The van der Waals surface area contributed by atoms with E-state index in [1.54, 1.807) is 0 Å². The molecular formula is C9H13ClN4OS. The number of piperidine rings is 1. The average molecular weight is 261 g/mol.